The maximum Gasteiger partial charge on any atom is 0.222 e. The molecule has 6 heteroatoms. The van der Waals surface area contributed by atoms with Gasteiger partial charge in [0.05, 0.1) is 10.5 Å². The Hall–Kier alpha value is -1.01. The summed E-state index contributed by atoms with van der Waals surface area (Å²) in [4.78, 5) is 15.2. The van der Waals surface area contributed by atoms with Crippen LogP contribution in [0.15, 0.2) is 29.2 Å². The molecule has 3 rings (SSSR count). The molecule has 2 aliphatic rings. The van der Waals surface area contributed by atoms with Gasteiger partial charge in [0.2, 0.25) is 5.91 Å². The van der Waals surface area contributed by atoms with Gasteiger partial charge in [-0.3, -0.25) is 4.79 Å². The molecule has 0 radical (unpaired) electrons. The van der Waals surface area contributed by atoms with Gasteiger partial charge in [0.15, 0.2) is 9.84 Å². The molecule has 0 bridgehead atoms. The zero-order valence-electron chi connectivity index (χ0n) is 14.8. The number of hydrogen-bond donors (Lipinski definition) is 0. The lowest BCUT2D eigenvalue weighted by Crippen LogP contribution is -2.58. The first-order valence-corrected chi connectivity index (χ1v) is 12.0. The summed E-state index contributed by atoms with van der Waals surface area (Å²) in [5.41, 5.74) is 1.15. The van der Waals surface area contributed by atoms with E-state index in [0.29, 0.717) is 25.9 Å². The summed E-state index contributed by atoms with van der Waals surface area (Å²) < 4.78 is 25.3. The third-order valence-corrected chi connectivity index (χ3v) is 8.84. The van der Waals surface area contributed by atoms with Crippen molar-refractivity contribution in [3.63, 3.8) is 0 Å². The Balaban J connectivity index is 1.46. The van der Waals surface area contributed by atoms with Crippen molar-refractivity contribution >= 4 is 27.5 Å². The highest BCUT2D eigenvalue weighted by atomic mass is 32.2. The van der Waals surface area contributed by atoms with Gasteiger partial charge in [0.1, 0.15) is 0 Å². The average molecular weight is 382 g/mol. The van der Waals surface area contributed by atoms with Gasteiger partial charge in [0.25, 0.3) is 0 Å². The number of amides is 1. The highest BCUT2D eigenvalue weighted by Crippen LogP contribution is 2.30. The Morgan fingerprint density at radius 2 is 1.72 bits per heavy atom. The van der Waals surface area contributed by atoms with Crippen molar-refractivity contribution in [2.75, 3.05) is 19.3 Å². The molecule has 1 aliphatic heterocycles. The number of nitrogens with zero attached hydrogens (tertiary/aromatic N) is 1. The molecule has 0 atom stereocenters. The quantitative estimate of drug-likeness (QED) is 0.710. The van der Waals surface area contributed by atoms with E-state index in [2.05, 4.69) is 24.3 Å². The van der Waals surface area contributed by atoms with Crippen LogP contribution < -0.4 is 0 Å². The van der Waals surface area contributed by atoms with Crippen molar-refractivity contribution in [2.45, 2.75) is 60.3 Å². The molecule has 1 aliphatic carbocycles. The topological polar surface area (TPSA) is 54.5 Å². The molecule has 0 spiro atoms. The van der Waals surface area contributed by atoms with E-state index in [0.717, 1.165) is 37.7 Å². The lowest BCUT2D eigenvalue weighted by atomic mass is 10.0. The van der Waals surface area contributed by atoms with Crippen LogP contribution >= 0.6 is 11.8 Å². The zero-order chi connectivity index (χ0) is 17.9. The van der Waals surface area contributed by atoms with Crippen molar-refractivity contribution in [1.29, 1.82) is 0 Å². The fraction of sp³-hybridized carbons (Fsp3) is 0.632. The van der Waals surface area contributed by atoms with E-state index in [-0.39, 0.29) is 16.4 Å². The maximum atomic E-state index is 12.6. The average Bonchev–Trinajstić information content (AvgIpc) is 2.59. The van der Waals surface area contributed by atoms with Crippen molar-refractivity contribution in [3.8, 4) is 0 Å². The molecule has 1 heterocycles. The molecule has 4 nitrogen and oxygen atoms in total. The summed E-state index contributed by atoms with van der Waals surface area (Å²) in [5.74, 6) is 0.0732. The van der Waals surface area contributed by atoms with E-state index >= 15 is 0 Å². The molecule has 1 aromatic carbocycles. The second-order valence-corrected chi connectivity index (χ2v) is 10.5. The summed E-state index contributed by atoms with van der Waals surface area (Å²) in [6.07, 6.45) is 8.01. The first-order valence-electron chi connectivity index (χ1n) is 9.14. The van der Waals surface area contributed by atoms with Crippen LogP contribution in [0.1, 0.15) is 44.1 Å². The van der Waals surface area contributed by atoms with E-state index < -0.39 is 9.84 Å². The molecule has 1 saturated heterocycles. The van der Waals surface area contributed by atoms with Gasteiger partial charge >= 0.3 is 0 Å². The molecule has 2 fully saturated rings. The lowest BCUT2D eigenvalue weighted by molar-refractivity contribution is -0.134. The van der Waals surface area contributed by atoms with Gasteiger partial charge in [-0.05, 0) is 43.2 Å². The molecule has 0 aromatic heterocycles. The molecule has 138 valence electrons. The summed E-state index contributed by atoms with van der Waals surface area (Å²) in [6.45, 7) is 0.784. The highest BCUT2D eigenvalue weighted by Gasteiger charge is 2.43. The minimum absolute atomic E-state index is 0.0732. The standard InChI is InChI=1S/C19H27NO3S2/c1-24-16-10-7-15(8-11-16)9-12-19(21)20-13-18(14-20)25(22,23)17-5-3-2-4-6-17/h7-8,10-11,17-18H,2-6,9,12-14H2,1H3. The Morgan fingerprint density at radius 1 is 1.08 bits per heavy atom. The molecular formula is C19H27NO3S2. The number of thioether (sulfide) groups is 1. The number of carbonyl (C=O) groups is 1. The van der Waals surface area contributed by atoms with Gasteiger partial charge in [-0.25, -0.2) is 8.42 Å². The van der Waals surface area contributed by atoms with Gasteiger partial charge in [-0.2, -0.15) is 0 Å². The second kappa shape index (κ2) is 8.12. The van der Waals surface area contributed by atoms with Gasteiger partial charge in [0, 0.05) is 24.4 Å². The van der Waals surface area contributed by atoms with E-state index in [1.807, 2.05) is 6.26 Å². The predicted octanol–water partition coefficient (Wildman–Crippen LogP) is 3.30. The Bertz CT molecular complexity index is 688. The molecular weight excluding hydrogens is 354 g/mol. The van der Waals surface area contributed by atoms with E-state index in [9.17, 15) is 13.2 Å². The number of rotatable bonds is 6. The fourth-order valence-corrected chi connectivity index (χ4v) is 6.44. The molecule has 0 N–H and O–H groups in total. The number of likely N-dealkylation sites (tertiary alicyclic amines) is 1. The minimum Gasteiger partial charge on any atom is -0.340 e. The first kappa shape index (κ1) is 18.8. The Kier molecular flexibility index (Phi) is 6.10. The normalized spacial score (nSPS) is 19.6. The van der Waals surface area contributed by atoms with Gasteiger partial charge in [-0.15, -0.1) is 11.8 Å². The van der Waals surface area contributed by atoms with Crippen molar-refractivity contribution < 1.29 is 13.2 Å². The maximum absolute atomic E-state index is 12.6. The Morgan fingerprint density at radius 3 is 2.32 bits per heavy atom. The van der Waals surface area contributed by atoms with Crippen LogP contribution in [0.4, 0.5) is 0 Å². The number of benzene rings is 1. The van der Waals surface area contributed by atoms with Gasteiger partial charge < -0.3 is 4.90 Å². The van der Waals surface area contributed by atoms with E-state index in [4.69, 9.17) is 0 Å². The second-order valence-electron chi connectivity index (χ2n) is 7.12. The largest absolute Gasteiger partial charge is 0.340 e. The zero-order valence-corrected chi connectivity index (χ0v) is 16.4. The number of hydrogen-bond acceptors (Lipinski definition) is 4. The minimum atomic E-state index is -3.06. The van der Waals surface area contributed by atoms with Crippen LogP contribution in [0, 0.1) is 0 Å². The van der Waals surface area contributed by atoms with E-state index in [1.165, 1.54) is 4.90 Å². The number of sulfone groups is 1. The van der Waals surface area contributed by atoms with Crippen molar-refractivity contribution in [2.24, 2.45) is 0 Å². The smallest absolute Gasteiger partial charge is 0.222 e. The Labute approximate surface area is 155 Å². The third-order valence-electron chi connectivity index (χ3n) is 5.47. The molecule has 1 saturated carbocycles. The highest BCUT2D eigenvalue weighted by molar-refractivity contribution is 7.98. The lowest BCUT2D eigenvalue weighted by Gasteiger charge is -2.41. The van der Waals surface area contributed by atoms with Crippen LogP contribution in [0.2, 0.25) is 0 Å². The van der Waals surface area contributed by atoms with Crippen LogP contribution in [0.5, 0.6) is 0 Å². The third kappa shape index (κ3) is 4.40. The van der Waals surface area contributed by atoms with Crippen molar-refractivity contribution in [1.82, 2.24) is 4.90 Å². The van der Waals surface area contributed by atoms with Gasteiger partial charge in [-0.1, -0.05) is 31.4 Å². The summed E-state index contributed by atoms with van der Waals surface area (Å²) >= 11 is 1.70. The SMILES string of the molecule is CSc1ccc(CCC(=O)N2CC(S(=O)(=O)C3CCCCC3)C2)cc1. The first-order chi connectivity index (χ1) is 12.0. The predicted molar refractivity (Wildman–Crippen MR) is 103 cm³/mol. The number of aryl methyl sites for hydroxylation is 1. The fourth-order valence-electron chi connectivity index (χ4n) is 3.72. The summed E-state index contributed by atoms with van der Waals surface area (Å²) in [6, 6.07) is 8.26. The van der Waals surface area contributed by atoms with Crippen LogP contribution in [-0.2, 0) is 21.1 Å². The summed E-state index contributed by atoms with van der Waals surface area (Å²) in [7, 11) is -3.06. The monoisotopic (exact) mass is 381 g/mol. The number of carbonyl (C=O) groups excluding carboxylic acids is 1. The molecule has 25 heavy (non-hydrogen) atoms. The summed E-state index contributed by atoms with van der Waals surface area (Å²) in [5, 5.41) is -0.501. The van der Waals surface area contributed by atoms with Crippen molar-refractivity contribution in [3.05, 3.63) is 29.8 Å². The van der Waals surface area contributed by atoms with Crippen LogP contribution in [0.25, 0.3) is 0 Å². The van der Waals surface area contributed by atoms with E-state index in [1.54, 1.807) is 16.7 Å². The molecule has 0 unspecified atom stereocenters. The molecule has 1 aromatic rings. The van der Waals surface area contributed by atoms with Crippen LogP contribution in [0.3, 0.4) is 0 Å². The molecule has 1 amide bonds. The van der Waals surface area contributed by atoms with Crippen LogP contribution in [-0.4, -0.2) is 49.1 Å².